The van der Waals surface area contributed by atoms with Gasteiger partial charge in [-0.05, 0) is 13.8 Å². The Kier molecular flexibility index (Phi) is 2.59. The number of hydrogen-bond donors (Lipinski definition) is 0. The van der Waals surface area contributed by atoms with Gasteiger partial charge in [0.15, 0.2) is 4.96 Å². The third-order valence-electron chi connectivity index (χ3n) is 2.91. The average molecular weight is 262 g/mol. The molecule has 0 atom stereocenters. The number of hydrogen-bond acceptors (Lipinski definition) is 3. The highest BCUT2D eigenvalue weighted by Gasteiger charge is 2.08. The van der Waals surface area contributed by atoms with Crippen LogP contribution in [-0.4, -0.2) is 18.5 Å². The molecule has 0 radical (unpaired) electrons. The van der Waals surface area contributed by atoms with Crippen molar-refractivity contribution in [1.82, 2.24) is 18.5 Å². The Balaban J connectivity index is 1.93. The highest BCUT2D eigenvalue weighted by molar-refractivity contribution is 7.15. The lowest BCUT2D eigenvalue weighted by molar-refractivity contribution is 0.560. The van der Waals surface area contributed by atoms with Gasteiger partial charge in [-0.2, -0.15) is 0 Å². The number of rotatable bonds is 3. The van der Waals surface area contributed by atoms with Crippen molar-refractivity contribution in [2.75, 3.05) is 0 Å². The van der Waals surface area contributed by atoms with Gasteiger partial charge in [0.1, 0.15) is 0 Å². The molecular formula is C12H14N4OS. The van der Waals surface area contributed by atoms with Gasteiger partial charge in [0, 0.05) is 36.2 Å². The largest absolute Gasteiger partial charge is 0.328 e. The second kappa shape index (κ2) is 4.13. The molecule has 94 valence electrons. The maximum atomic E-state index is 12.1. The second-order valence-corrected chi connectivity index (χ2v) is 5.41. The zero-order valence-electron chi connectivity index (χ0n) is 10.3. The molecule has 3 rings (SSSR count). The van der Waals surface area contributed by atoms with Crippen molar-refractivity contribution in [3.8, 4) is 0 Å². The SMILES string of the molecule is CC(C)n1ccn(Cc2cn3ccsc3n2)c1=O. The monoisotopic (exact) mass is 262 g/mol. The molecule has 6 heteroatoms. The highest BCUT2D eigenvalue weighted by atomic mass is 32.1. The fourth-order valence-electron chi connectivity index (χ4n) is 1.97. The average Bonchev–Trinajstić information content (AvgIpc) is 2.94. The van der Waals surface area contributed by atoms with Gasteiger partial charge in [0.2, 0.25) is 0 Å². The minimum atomic E-state index is 0.0151. The van der Waals surface area contributed by atoms with Crippen LogP contribution in [0.5, 0.6) is 0 Å². The van der Waals surface area contributed by atoms with E-state index < -0.39 is 0 Å². The molecule has 0 bridgehead atoms. The van der Waals surface area contributed by atoms with Crippen LogP contribution in [0.4, 0.5) is 0 Å². The summed E-state index contributed by atoms with van der Waals surface area (Å²) in [5, 5.41) is 1.99. The predicted molar refractivity (Wildman–Crippen MR) is 71.2 cm³/mol. The molecule has 0 saturated heterocycles. The van der Waals surface area contributed by atoms with E-state index in [2.05, 4.69) is 4.98 Å². The summed E-state index contributed by atoms with van der Waals surface area (Å²) in [6.45, 7) is 4.52. The summed E-state index contributed by atoms with van der Waals surface area (Å²) in [5.74, 6) is 0. The number of imidazole rings is 2. The van der Waals surface area contributed by atoms with Crippen molar-refractivity contribution in [3.63, 3.8) is 0 Å². The zero-order valence-corrected chi connectivity index (χ0v) is 11.1. The van der Waals surface area contributed by atoms with E-state index in [1.54, 1.807) is 20.5 Å². The first-order chi connectivity index (χ1) is 8.65. The second-order valence-electron chi connectivity index (χ2n) is 4.53. The van der Waals surface area contributed by atoms with Crippen molar-refractivity contribution >= 4 is 16.3 Å². The van der Waals surface area contributed by atoms with Gasteiger partial charge in [-0.3, -0.25) is 13.5 Å². The smallest absolute Gasteiger partial charge is 0.297 e. The van der Waals surface area contributed by atoms with E-state index in [9.17, 15) is 4.79 Å². The maximum absolute atomic E-state index is 12.1. The Morgan fingerprint density at radius 1 is 1.33 bits per heavy atom. The van der Waals surface area contributed by atoms with Crippen LogP contribution in [-0.2, 0) is 6.54 Å². The Morgan fingerprint density at radius 2 is 2.17 bits per heavy atom. The van der Waals surface area contributed by atoms with Gasteiger partial charge in [-0.25, -0.2) is 9.78 Å². The molecule has 0 fully saturated rings. The molecule has 5 nitrogen and oxygen atoms in total. The molecule has 0 unspecified atom stereocenters. The van der Waals surface area contributed by atoms with Gasteiger partial charge >= 0.3 is 5.69 Å². The van der Waals surface area contributed by atoms with Gasteiger partial charge < -0.3 is 0 Å². The molecule has 3 aromatic heterocycles. The van der Waals surface area contributed by atoms with Gasteiger partial charge in [0.05, 0.1) is 12.2 Å². The summed E-state index contributed by atoms with van der Waals surface area (Å²) < 4.78 is 5.38. The van der Waals surface area contributed by atoms with Crippen LogP contribution < -0.4 is 5.69 Å². The Bertz CT molecular complexity index is 702. The third kappa shape index (κ3) is 1.78. The summed E-state index contributed by atoms with van der Waals surface area (Å²) in [4.78, 5) is 17.5. The van der Waals surface area contributed by atoms with Crippen LogP contribution in [0.25, 0.3) is 4.96 Å². The molecule has 3 aromatic rings. The summed E-state index contributed by atoms with van der Waals surface area (Å²) in [6, 6.07) is 0.184. The highest BCUT2D eigenvalue weighted by Crippen LogP contribution is 2.12. The summed E-state index contributed by atoms with van der Waals surface area (Å²) >= 11 is 1.59. The maximum Gasteiger partial charge on any atom is 0.328 e. The molecule has 0 aliphatic carbocycles. The Hall–Kier alpha value is -1.82. The molecule has 0 aliphatic rings. The minimum absolute atomic E-state index is 0.0151. The first kappa shape index (κ1) is 11.3. The molecule has 0 saturated carbocycles. The van der Waals surface area contributed by atoms with Crippen LogP contribution in [0, 0.1) is 0 Å². The van der Waals surface area contributed by atoms with E-state index in [0.717, 1.165) is 10.7 Å². The van der Waals surface area contributed by atoms with E-state index >= 15 is 0 Å². The molecule has 3 heterocycles. The normalized spacial score (nSPS) is 11.7. The van der Waals surface area contributed by atoms with Crippen LogP contribution in [0.2, 0.25) is 0 Å². The fourth-order valence-corrected chi connectivity index (χ4v) is 2.69. The van der Waals surface area contributed by atoms with E-state index in [4.69, 9.17) is 0 Å². The predicted octanol–water partition coefficient (Wildman–Crippen LogP) is 1.99. The van der Waals surface area contributed by atoms with Crippen LogP contribution >= 0.6 is 11.3 Å². The summed E-state index contributed by atoms with van der Waals surface area (Å²) in [5.41, 5.74) is 0.923. The van der Waals surface area contributed by atoms with Crippen LogP contribution in [0.1, 0.15) is 25.6 Å². The lowest BCUT2D eigenvalue weighted by Crippen LogP contribution is -2.25. The summed E-state index contributed by atoms with van der Waals surface area (Å²) in [7, 11) is 0. The van der Waals surface area contributed by atoms with Crippen molar-refractivity contribution in [2.24, 2.45) is 0 Å². The zero-order chi connectivity index (χ0) is 12.7. The molecule has 0 amide bonds. The van der Waals surface area contributed by atoms with E-state index in [1.807, 2.05) is 48.4 Å². The van der Waals surface area contributed by atoms with Crippen LogP contribution in [0.15, 0.2) is 35.0 Å². The van der Waals surface area contributed by atoms with E-state index in [0.29, 0.717) is 6.54 Å². The van der Waals surface area contributed by atoms with Crippen molar-refractivity contribution < 1.29 is 0 Å². The van der Waals surface area contributed by atoms with Crippen molar-refractivity contribution in [1.29, 1.82) is 0 Å². The number of thiazole rings is 1. The summed E-state index contributed by atoms with van der Waals surface area (Å²) in [6.07, 6.45) is 7.57. The van der Waals surface area contributed by atoms with Crippen molar-refractivity contribution in [3.05, 3.63) is 46.3 Å². The number of aromatic nitrogens is 4. The standard InChI is InChI=1S/C12H14N4OS/c1-9(2)16-4-3-15(12(16)17)8-10-7-14-5-6-18-11(14)13-10/h3-7,9H,8H2,1-2H3. The molecular weight excluding hydrogens is 248 g/mol. The number of nitrogens with zero attached hydrogens (tertiary/aromatic N) is 4. The van der Waals surface area contributed by atoms with Crippen LogP contribution in [0.3, 0.4) is 0 Å². The topological polar surface area (TPSA) is 44.2 Å². The third-order valence-corrected chi connectivity index (χ3v) is 3.68. The Labute approximate surface area is 108 Å². The first-order valence-corrected chi connectivity index (χ1v) is 6.71. The van der Waals surface area contributed by atoms with Gasteiger partial charge in [-0.15, -0.1) is 11.3 Å². The van der Waals surface area contributed by atoms with E-state index in [1.165, 1.54) is 0 Å². The number of fused-ring (bicyclic) bond motifs is 1. The molecule has 18 heavy (non-hydrogen) atoms. The van der Waals surface area contributed by atoms with Crippen molar-refractivity contribution in [2.45, 2.75) is 26.4 Å². The lowest BCUT2D eigenvalue weighted by atomic mass is 10.4. The minimum Gasteiger partial charge on any atom is -0.297 e. The van der Waals surface area contributed by atoms with Gasteiger partial charge in [0.25, 0.3) is 0 Å². The molecule has 0 spiro atoms. The lowest BCUT2D eigenvalue weighted by Gasteiger charge is -2.03. The first-order valence-electron chi connectivity index (χ1n) is 5.83. The fraction of sp³-hybridized carbons (Fsp3) is 0.333. The van der Waals surface area contributed by atoms with E-state index in [-0.39, 0.29) is 11.7 Å². The van der Waals surface area contributed by atoms with Gasteiger partial charge in [-0.1, -0.05) is 0 Å². The molecule has 0 aromatic carbocycles. The Morgan fingerprint density at radius 3 is 2.83 bits per heavy atom. The quantitative estimate of drug-likeness (QED) is 0.724. The molecule has 0 aliphatic heterocycles. The molecule has 0 N–H and O–H groups in total.